The van der Waals surface area contributed by atoms with E-state index in [1.165, 1.54) is 24.3 Å². The van der Waals surface area contributed by atoms with Crippen LogP contribution >= 0.6 is 23.4 Å². The first-order valence-electron chi connectivity index (χ1n) is 9.35. The SMILES string of the molecule is O=c1ccn([C@@H]2O[C@H](COP(=O)([O-])OP(=O)([O-])OP(=O)([O-])Nc3ccccc3)C(O)[C@@H]2O)c(=O)[nH]1. The highest BCUT2D eigenvalue weighted by Crippen LogP contribution is 2.62. The molecule has 194 valence electrons. The van der Waals surface area contributed by atoms with Gasteiger partial charge in [0.2, 0.25) is 7.75 Å². The van der Waals surface area contributed by atoms with E-state index in [-0.39, 0.29) is 5.69 Å². The Morgan fingerprint density at radius 3 is 2.29 bits per heavy atom. The zero-order valence-corrected chi connectivity index (χ0v) is 19.8. The highest BCUT2D eigenvalue weighted by molar-refractivity contribution is 7.67. The first-order valence-corrected chi connectivity index (χ1v) is 13.8. The van der Waals surface area contributed by atoms with Gasteiger partial charge in [0, 0.05) is 18.0 Å². The fourth-order valence-electron chi connectivity index (χ4n) is 2.87. The van der Waals surface area contributed by atoms with E-state index in [0.717, 1.165) is 12.3 Å². The van der Waals surface area contributed by atoms with Gasteiger partial charge in [-0.25, -0.2) is 9.11 Å². The number of aromatic amines is 1. The van der Waals surface area contributed by atoms with Crippen molar-refractivity contribution in [1.82, 2.24) is 9.55 Å². The highest BCUT2D eigenvalue weighted by atomic mass is 31.3. The zero-order valence-electron chi connectivity index (χ0n) is 17.1. The highest BCUT2D eigenvalue weighted by Gasteiger charge is 2.44. The molecule has 35 heavy (non-hydrogen) atoms. The van der Waals surface area contributed by atoms with Crippen molar-refractivity contribution in [2.24, 2.45) is 0 Å². The molecular formula is C15H17N3O14P3-3. The molecule has 3 rings (SSSR count). The molecule has 1 saturated heterocycles. The van der Waals surface area contributed by atoms with Gasteiger partial charge >= 0.3 is 5.69 Å². The number of hydrogen-bond donors (Lipinski definition) is 4. The average Bonchev–Trinajstić information content (AvgIpc) is 2.99. The number of benzene rings is 1. The van der Waals surface area contributed by atoms with E-state index in [4.69, 9.17) is 4.74 Å². The first kappa shape index (κ1) is 27.6. The zero-order chi connectivity index (χ0) is 26.0. The smallest absolute Gasteiger partial charge is 0.330 e. The molecular weight excluding hydrogens is 539 g/mol. The fourth-order valence-corrected chi connectivity index (χ4v) is 6.44. The van der Waals surface area contributed by atoms with Crippen LogP contribution in [-0.4, -0.2) is 44.7 Å². The molecule has 7 atom stereocenters. The van der Waals surface area contributed by atoms with E-state index in [9.17, 15) is 48.2 Å². The number of aliphatic hydroxyl groups is 2. The molecule has 1 aliphatic rings. The van der Waals surface area contributed by atoms with E-state index in [0.29, 0.717) is 4.57 Å². The van der Waals surface area contributed by atoms with Crippen molar-refractivity contribution in [2.75, 3.05) is 11.7 Å². The maximum atomic E-state index is 11.9. The number of phosphoric acid groups is 2. The second-order valence-electron chi connectivity index (χ2n) is 6.89. The third kappa shape index (κ3) is 7.51. The Morgan fingerprint density at radius 1 is 1.00 bits per heavy atom. The molecule has 20 heteroatoms. The van der Waals surface area contributed by atoms with Crippen LogP contribution in [0.15, 0.2) is 52.2 Å². The Morgan fingerprint density at radius 2 is 1.66 bits per heavy atom. The van der Waals surface area contributed by atoms with E-state index >= 15 is 0 Å². The predicted molar refractivity (Wildman–Crippen MR) is 108 cm³/mol. The number of para-hydroxylation sites is 1. The lowest BCUT2D eigenvalue weighted by atomic mass is 10.1. The number of aromatic nitrogens is 2. The average molecular weight is 556 g/mol. The summed E-state index contributed by atoms with van der Waals surface area (Å²) in [7, 11) is -17.3. The molecule has 0 radical (unpaired) electrons. The number of nitrogens with zero attached hydrogens (tertiary/aromatic N) is 1. The molecule has 0 saturated carbocycles. The van der Waals surface area contributed by atoms with Crippen LogP contribution in [0.1, 0.15) is 6.23 Å². The van der Waals surface area contributed by atoms with Crippen LogP contribution in [0.25, 0.3) is 0 Å². The van der Waals surface area contributed by atoms with Crippen molar-refractivity contribution in [3.05, 3.63) is 63.4 Å². The fraction of sp³-hybridized carbons (Fsp3) is 0.333. The van der Waals surface area contributed by atoms with Gasteiger partial charge in [-0.05, 0) is 12.1 Å². The van der Waals surface area contributed by atoms with E-state index in [1.54, 1.807) is 11.2 Å². The third-order valence-corrected chi connectivity index (χ3v) is 8.56. The Kier molecular flexibility index (Phi) is 8.34. The lowest BCUT2D eigenvalue weighted by Gasteiger charge is -2.35. The maximum Gasteiger partial charge on any atom is 0.330 e. The maximum absolute atomic E-state index is 11.9. The second kappa shape index (κ2) is 10.6. The van der Waals surface area contributed by atoms with Crippen molar-refractivity contribution in [3.63, 3.8) is 0 Å². The third-order valence-electron chi connectivity index (χ3n) is 4.31. The summed E-state index contributed by atoms with van der Waals surface area (Å²) < 4.78 is 53.3. The number of anilines is 1. The minimum Gasteiger partial charge on any atom is -0.761 e. The van der Waals surface area contributed by atoms with Crippen LogP contribution in [0.2, 0.25) is 0 Å². The largest absolute Gasteiger partial charge is 0.761 e. The first-order chi connectivity index (χ1) is 16.2. The van der Waals surface area contributed by atoms with Crippen LogP contribution < -0.4 is 31.0 Å². The minimum absolute atomic E-state index is 0.0885. The Labute approximate surface area is 195 Å². The van der Waals surface area contributed by atoms with Gasteiger partial charge in [-0.2, -0.15) is 0 Å². The number of H-pyrrole nitrogens is 1. The van der Waals surface area contributed by atoms with Crippen LogP contribution in [0.3, 0.4) is 0 Å². The lowest BCUT2D eigenvalue weighted by Crippen LogP contribution is -2.37. The number of hydrogen-bond acceptors (Lipinski definition) is 14. The second-order valence-corrected chi connectivity index (χ2v) is 11.5. The summed E-state index contributed by atoms with van der Waals surface area (Å²) in [6.45, 7) is -1.12. The molecule has 0 aliphatic carbocycles. The van der Waals surface area contributed by atoms with Gasteiger partial charge in [0.25, 0.3) is 21.2 Å². The molecule has 4 N–H and O–H groups in total. The topological polar surface area (TPSA) is 265 Å². The normalized spacial score (nSPS) is 27.5. The van der Waals surface area contributed by atoms with Crippen LogP contribution in [-0.2, 0) is 31.6 Å². The quantitative estimate of drug-likeness (QED) is 0.225. The molecule has 17 nitrogen and oxygen atoms in total. The Balaban J connectivity index is 1.61. The Bertz CT molecular complexity index is 1300. The van der Waals surface area contributed by atoms with Gasteiger partial charge in [0.15, 0.2) is 6.23 Å². The number of phosphoric ester groups is 1. The number of aliphatic hydroxyl groups excluding tert-OH is 2. The van der Waals surface area contributed by atoms with E-state index < -0.39 is 65.8 Å². The summed E-state index contributed by atoms with van der Waals surface area (Å²) >= 11 is 0. The van der Waals surface area contributed by atoms with Crippen LogP contribution in [0.4, 0.5) is 5.69 Å². The molecule has 0 bridgehead atoms. The molecule has 1 aromatic heterocycles. The van der Waals surface area contributed by atoms with Gasteiger partial charge in [0.1, 0.15) is 18.3 Å². The molecule has 2 aromatic rings. The number of rotatable bonds is 10. The molecule has 1 aromatic carbocycles. The van der Waals surface area contributed by atoms with Gasteiger partial charge < -0.3 is 39.2 Å². The molecule has 0 spiro atoms. The van der Waals surface area contributed by atoms with Gasteiger partial charge in [-0.1, -0.05) is 18.2 Å². The van der Waals surface area contributed by atoms with Crippen LogP contribution in [0.5, 0.6) is 0 Å². The van der Waals surface area contributed by atoms with Gasteiger partial charge in [0.05, 0.1) is 6.61 Å². The summed E-state index contributed by atoms with van der Waals surface area (Å²) in [5.74, 6) is 0. The van der Waals surface area contributed by atoms with Crippen molar-refractivity contribution < 1.29 is 56.5 Å². The van der Waals surface area contributed by atoms with Crippen molar-refractivity contribution in [3.8, 4) is 0 Å². The Hall–Kier alpha value is -1.97. The number of nitrogens with one attached hydrogen (secondary N) is 2. The van der Waals surface area contributed by atoms with Crippen LogP contribution in [0, 0.1) is 0 Å². The molecule has 0 amide bonds. The predicted octanol–water partition coefficient (Wildman–Crippen LogP) is -2.28. The summed E-state index contributed by atoms with van der Waals surface area (Å²) in [5, 5.41) is 21.9. The van der Waals surface area contributed by atoms with Gasteiger partial charge in [-0.15, -0.1) is 0 Å². The minimum atomic E-state index is -6.05. The van der Waals surface area contributed by atoms with Gasteiger partial charge in [-0.3, -0.25) is 32.4 Å². The number of ether oxygens (including phenoxy) is 1. The molecule has 1 aliphatic heterocycles. The summed E-state index contributed by atoms with van der Waals surface area (Å²) in [6.07, 6.45) is -5.87. The summed E-state index contributed by atoms with van der Waals surface area (Å²) in [4.78, 5) is 60.4. The lowest BCUT2D eigenvalue weighted by molar-refractivity contribution is -0.245. The molecule has 1 fully saturated rings. The van der Waals surface area contributed by atoms with E-state index in [2.05, 4.69) is 13.1 Å². The van der Waals surface area contributed by atoms with Crippen molar-refractivity contribution >= 4 is 29.1 Å². The monoisotopic (exact) mass is 556 g/mol. The van der Waals surface area contributed by atoms with E-state index in [1.807, 2.05) is 4.98 Å². The molecule has 4 unspecified atom stereocenters. The van der Waals surface area contributed by atoms with Crippen molar-refractivity contribution in [1.29, 1.82) is 0 Å². The molecule has 2 heterocycles. The summed E-state index contributed by atoms with van der Waals surface area (Å²) in [6, 6.07) is 7.80. The standard InChI is InChI=1S/C15H20N3O14P3/c19-11-6-7-18(15(22)16-11)14-13(21)12(20)10(30-14)8-29-34(25,26)32-35(27,28)31-33(23,24)17-9-4-2-1-3-5-9/h1-7,10,12-14,20-21H,8H2,(H,25,26)(H,27,28)(H,16,19,22)(H2,17,23,24)/p-3/t10-,12?,13+,14-/m1/s1. The summed E-state index contributed by atoms with van der Waals surface area (Å²) in [5.41, 5.74) is -1.85. The van der Waals surface area contributed by atoms with Crippen molar-refractivity contribution in [2.45, 2.75) is 24.5 Å².